The van der Waals surface area contributed by atoms with Crippen LogP contribution in [0.2, 0.25) is 0 Å². The van der Waals surface area contributed by atoms with E-state index in [2.05, 4.69) is 67.4 Å². The number of hydrogen-bond donors (Lipinski definition) is 0. The molecule has 0 saturated carbocycles. The largest absolute Gasteiger partial charge is 0.253 e. The molecule has 2 nitrogen and oxygen atoms in total. The fraction of sp³-hybridized carbons (Fsp3) is 0.238. The van der Waals surface area contributed by atoms with Crippen molar-refractivity contribution >= 4 is 32.5 Å². The SMILES string of the molecule is CCc1cnc2ccc(CC(C)c3cc4ccccc4s3)cc2n1. The first-order chi connectivity index (χ1) is 11.7. The van der Waals surface area contributed by atoms with Crippen LogP contribution in [0.5, 0.6) is 0 Å². The predicted molar refractivity (Wildman–Crippen MR) is 103 cm³/mol. The first kappa shape index (κ1) is 15.3. The zero-order valence-electron chi connectivity index (χ0n) is 14.0. The van der Waals surface area contributed by atoms with Gasteiger partial charge in [-0.1, -0.05) is 38.1 Å². The van der Waals surface area contributed by atoms with E-state index < -0.39 is 0 Å². The van der Waals surface area contributed by atoms with Crippen LogP contribution in [0.25, 0.3) is 21.1 Å². The number of rotatable bonds is 4. The fourth-order valence-corrected chi connectivity index (χ4v) is 4.21. The lowest BCUT2D eigenvalue weighted by atomic mass is 9.99. The van der Waals surface area contributed by atoms with Crippen molar-refractivity contribution in [3.8, 4) is 0 Å². The Morgan fingerprint density at radius 2 is 1.92 bits per heavy atom. The molecule has 2 aromatic carbocycles. The van der Waals surface area contributed by atoms with E-state index in [1.54, 1.807) is 0 Å². The maximum absolute atomic E-state index is 4.71. The molecular formula is C21H20N2S. The highest BCUT2D eigenvalue weighted by Crippen LogP contribution is 2.32. The second-order valence-electron chi connectivity index (χ2n) is 6.33. The number of aromatic nitrogens is 2. The van der Waals surface area contributed by atoms with Gasteiger partial charge in [0.2, 0.25) is 0 Å². The van der Waals surface area contributed by atoms with Gasteiger partial charge in [-0.2, -0.15) is 0 Å². The minimum absolute atomic E-state index is 0.502. The van der Waals surface area contributed by atoms with Gasteiger partial charge in [0.05, 0.1) is 16.7 Å². The molecule has 120 valence electrons. The molecule has 0 bridgehead atoms. The summed E-state index contributed by atoms with van der Waals surface area (Å²) >= 11 is 1.91. The summed E-state index contributed by atoms with van der Waals surface area (Å²) in [5.41, 5.74) is 4.37. The molecule has 24 heavy (non-hydrogen) atoms. The number of hydrogen-bond acceptors (Lipinski definition) is 3. The molecule has 0 spiro atoms. The van der Waals surface area contributed by atoms with E-state index in [9.17, 15) is 0 Å². The molecule has 0 amide bonds. The summed E-state index contributed by atoms with van der Waals surface area (Å²) in [6.45, 7) is 4.42. The molecule has 1 atom stereocenters. The molecule has 0 aliphatic rings. The third-order valence-electron chi connectivity index (χ3n) is 4.49. The van der Waals surface area contributed by atoms with E-state index in [4.69, 9.17) is 4.98 Å². The van der Waals surface area contributed by atoms with Crippen LogP contribution >= 0.6 is 11.3 Å². The molecule has 2 aromatic heterocycles. The van der Waals surface area contributed by atoms with Crippen molar-refractivity contribution in [2.24, 2.45) is 0 Å². The van der Waals surface area contributed by atoms with Gasteiger partial charge in [0, 0.05) is 15.8 Å². The Morgan fingerprint density at radius 1 is 1.04 bits per heavy atom. The Labute approximate surface area is 146 Å². The van der Waals surface area contributed by atoms with Crippen molar-refractivity contribution in [1.82, 2.24) is 9.97 Å². The van der Waals surface area contributed by atoms with Crippen LogP contribution < -0.4 is 0 Å². The Morgan fingerprint density at radius 3 is 2.75 bits per heavy atom. The smallest absolute Gasteiger partial charge is 0.0892 e. The minimum Gasteiger partial charge on any atom is -0.253 e. The fourth-order valence-electron chi connectivity index (χ4n) is 3.09. The Balaban J connectivity index is 1.62. The molecule has 0 N–H and O–H groups in total. The standard InChI is InChI=1S/C21H20N2S/c1-3-17-13-22-18-9-8-15(11-19(18)23-17)10-14(2)21-12-16-6-4-5-7-20(16)24-21/h4-9,11-14H,3,10H2,1-2H3. The summed E-state index contributed by atoms with van der Waals surface area (Å²) in [4.78, 5) is 10.7. The molecule has 0 aliphatic carbocycles. The number of thiophene rings is 1. The van der Waals surface area contributed by atoms with Crippen LogP contribution in [-0.4, -0.2) is 9.97 Å². The highest BCUT2D eigenvalue weighted by atomic mass is 32.1. The van der Waals surface area contributed by atoms with Gasteiger partial charge in [-0.15, -0.1) is 11.3 Å². The van der Waals surface area contributed by atoms with E-state index in [1.807, 2.05) is 17.5 Å². The van der Waals surface area contributed by atoms with Crippen LogP contribution in [0, 0.1) is 0 Å². The lowest BCUT2D eigenvalue weighted by molar-refractivity contribution is 0.776. The summed E-state index contributed by atoms with van der Waals surface area (Å²) in [5.74, 6) is 0.502. The summed E-state index contributed by atoms with van der Waals surface area (Å²) in [5, 5.41) is 1.35. The van der Waals surface area contributed by atoms with E-state index in [1.165, 1.54) is 20.5 Å². The van der Waals surface area contributed by atoms with Crippen molar-refractivity contribution in [3.63, 3.8) is 0 Å². The topological polar surface area (TPSA) is 25.8 Å². The van der Waals surface area contributed by atoms with Gasteiger partial charge in [-0.3, -0.25) is 4.98 Å². The van der Waals surface area contributed by atoms with Gasteiger partial charge in [-0.25, -0.2) is 4.98 Å². The Kier molecular flexibility index (Phi) is 4.03. The van der Waals surface area contributed by atoms with Crippen LogP contribution in [-0.2, 0) is 12.8 Å². The van der Waals surface area contributed by atoms with Gasteiger partial charge in [0.1, 0.15) is 0 Å². The minimum atomic E-state index is 0.502. The second-order valence-corrected chi connectivity index (χ2v) is 7.45. The third kappa shape index (κ3) is 2.92. The maximum Gasteiger partial charge on any atom is 0.0892 e. The molecule has 4 aromatic rings. The molecule has 0 radical (unpaired) electrons. The highest BCUT2D eigenvalue weighted by molar-refractivity contribution is 7.19. The molecule has 1 unspecified atom stereocenters. The summed E-state index contributed by atoms with van der Waals surface area (Å²) in [6, 6.07) is 17.4. The van der Waals surface area contributed by atoms with Crippen LogP contribution in [0.3, 0.4) is 0 Å². The monoisotopic (exact) mass is 332 g/mol. The third-order valence-corrected chi connectivity index (χ3v) is 5.84. The number of aryl methyl sites for hydroxylation is 1. The number of fused-ring (bicyclic) bond motifs is 2. The normalized spacial score (nSPS) is 12.8. The quantitative estimate of drug-likeness (QED) is 0.475. The zero-order valence-corrected chi connectivity index (χ0v) is 14.8. The molecule has 0 aliphatic heterocycles. The van der Waals surface area contributed by atoms with E-state index in [-0.39, 0.29) is 0 Å². The van der Waals surface area contributed by atoms with E-state index >= 15 is 0 Å². The Bertz CT molecular complexity index is 970. The second kappa shape index (κ2) is 6.33. The van der Waals surface area contributed by atoms with Crippen molar-refractivity contribution in [2.45, 2.75) is 32.6 Å². The molecule has 0 fully saturated rings. The summed E-state index contributed by atoms with van der Waals surface area (Å²) in [7, 11) is 0. The molecule has 0 saturated heterocycles. The maximum atomic E-state index is 4.71. The van der Waals surface area contributed by atoms with Gasteiger partial charge >= 0.3 is 0 Å². The van der Waals surface area contributed by atoms with Gasteiger partial charge in [-0.05, 0) is 54.0 Å². The molecule has 3 heteroatoms. The van der Waals surface area contributed by atoms with Crippen molar-refractivity contribution in [1.29, 1.82) is 0 Å². The van der Waals surface area contributed by atoms with Gasteiger partial charge in [0.25, 0.3) is 0 Å². The molecule has 4 rings (SSSR count). The Hall–Kier alpha value is -2.26. The predicted octanol–water partition coefficient (Wildman–Crippen LogP) is 5.75. The summed E-state index contributed by atoms with van der Waals surface area (Å²) in [6.07, 6.45) is 3.83. The highest BCUT2D eigenvalue weighted by Gasteiger charge is 2.11. The van der Waals surface area contributed by atoms with Crippen molar-refractivity contribution < 1.29 is 0 Å². The van der Waals surface area contributed by atoms with Crippen molar-refractivity contribution in [2.75, 3.05) is 0 Å². The lowest BCUT2D eigenvalue weighted by Crippen LogP contribution is -1.97. The first-order valence-corrected chi connectivity index (χ1v) is 9.27. The average Bonchev–Trinajstić information content (AvgIpc) is 3.05. The average molecular weight is 332 g/mol. The van der Waals surface area contributed by atoms with Crippen LogP contribution in [0.1, 0.15) is 35.9 Å². The van der Waals surface area contributed by atoms with Gasteiger partial charge in [0.15, 0.2) is 0 Å². The van der Waals surface area contributed by atoms with Crippen molar-refractivity contribution in [3.05, 3.63) is 70.9 Å². The number of nitrogens with zero attached hydrogens (tertiary/aromatic N) is 2. The summed E-state index contributed by atoms with van der Waals surface area (Å²) < 4.78 is 1.37. The van der Waals surface area contributed by atoms with Crippen LogP contribution in [0.15, 0.2) is 54.7 Å². The van der Waals surface area contributed by atoms with Gasteiger partial charge < -0.3 is 0 Å². The molecule has 2 heterocycles. The molecular weight excluding hydrogens is 312 g/mol. The zero-order chi connectivity index (χ0) is 16.5. The van der Waals surface area contributed by atoms with E-state index in [0.717, 1.165) is 29.6 Å². The first-order valence-electron chi connectivity index (χ1n) is 8.46. The van der Waals surface area contributed by atoms with E-state index in [0.29, 0.717) is 5.92 Å². The number of benzene rings is 2. The van der Waals surface area contributed by atoms with Crippen LogP contribution in [0.4, 0.5) is 0 Å². The lowest BCUT2D eigenvalue weighted by Gasteiger charge is -2.10.